The highest BCUT2D eigenvalue weighted by atomic mass is 79.9. The molecule has 2 heterocycles. The molecule has 104 valence electrons. The number of halogens is 1. The van der Waals surface area contributed by atoms with Crippen molar-refractivity contribution in [1.82, 2.24) is 9.78 Å². The molecule has 1 unspecified atom stereocenters. The zero-order chi connectivity index (χ0) is 13.9. The van der Waals surface area contributed by atoms with Crippen LogP contribution in [0.5, 0.6) is 0 Å². The van der Waals surface area contributed by atoms with E-state index in [2.05, 4.69) is 26.3 Å². The van der Waals surface area contributed by atoms with Crippen LogP contribution >= 0.6 is 15.9 Å². The van der Waals surface area contributed by atoms with Crippen LogP contribution in [0.4, 0.5) is 5.69 Å². The summed E-state index contributed by atoms with van der Waals surface area (Å²) in [7, 11) is 0. The molecule has 1 amide bonds. The molecule has 0 saturated carbocycles. The van der Waals surface area contributed by atoms with E-state index in [-0.39, 0.29) is 11.9 Å². The van der Waals surface area contributed by atoms with E-state index in [9.17, 15) is 4.79 Å². The van der Waals surface area contributed by atoms with Crippen LogP contribution in [0.2, 0.25) is 0 Å². The van der Waals surface area contributed by atoms with Crippen molar-refractivity contribution in [3.8, 4) is 0 Å². The van der Waals surface area contributed by atoms with Crippen molar-refractivity contribution in [2.45, 2.75) is 12.5 Å². The standard InChI is InChI=1S/C14H14BrN3O2/c15-13-4-2-1-3-12(13)14(19)17-10-7-16-18(8-10)11-5-6-20-9-11/h1-4,7-8,11H,5-6,9H2,(H,17,19). The van der Waals surface area contributed by atoms with Gasteiger partial charge in [0.1, 0.15) is 0 Å². The minimum Gasteiger partial charge on any atom is -0.379 e. The smallest absolute Gasteiger partial charge is 0.256 e. The Labute approximate surface area is 125 Å². The number of hydrogen-bond donors (Lipinski definition) is 1. The molecule has 1 aliphatic rings. The summed E-state index contributed by atoms with van der Waals surface area (Å²) < 4.78 is 7.95. The average Bonchev–Trinajstić information content (AvgIpc) is 3.09. The van der Waals surface area contributed by atoms with Crippen LogP contribution in [-0.4, -0.2) is 28.9 Å². The van der Waals surface area contributed by atoms with E-state index in [0.29, 0.717) is 17.9 Å². The monoisotopic (exact) mass is 335 g/mol. The van der Waals surface area contributed by atoms with Gasteiger partial charge in [0.05, 0.1) is 30.1 Å². The van der Waals surface area contributed by atoms with Gasteiger partial charge in [-0.1, -0.05) is 12.1 Å². The Balaban J connectivity index is 1.72. The Morgan fingerprint density at radius 2 is 2.30 bits per heavy atom. The van der Waals surface area contributed by atoms with Gasteiger partial charge in [0.15, 0.2) is 0 Å². The number of rotatable bonds is 3. The van der Waals surface area contributed by atoms with Gasteiger partial charge in [0.2, 0.25) is 0 Å². The number of nitrogens with one attached hydrogen (secondary N) is 1. The van der Waals surface area contributed by atoms with Crippen molar-refractivity contribution in [1.29, 1.82) is 0 Å². The van der Waals surface area contributed by atoms with Crippen LogP contribution in [-0.2, 0) is 4.74 Å². The number of carbonyl (C=O) groups excluding carboxylic acids is 1. The molecule has 5 nitrogen and oxygen atoms in total. The van der Waals surface area contributed by atoms with Crippen LogP contribution in [0.25, 0.3) is 0 Å². The number of anilines is 1. The molecule has 1 saturated heterocycles. The lowest BCUT2D eigenvalue weighted by Crippen LogP contribution is -2.12. The van der Waals surface area contributed by atoms with Crippen molar-refractivity contribution in [2.24, 2.45) is 0 Å². The number of benzene rings is 1. The van der Waals surface area contributed by atoms with Crippen molar-refractivity contribution < 1.29 is 9.53 Å². The third kappa shape index (κ3) is 2.76. The van der Waals surface area contributed by atoms with Gasteiger partial charge in [-0.3, -0.25) is 9.48 Å². The first-order chi connectivity index (χ1) is 9.74. The van der Waals surface area contributed by atoms with Crippen LogP contribution in [0, 0.1) is 0 Å². The maximum atomic E-state index is 12.2. The largest absolute Gasteiger partial charge is 0.379 e. The Hall–Kier alpha value is -1.66. The van der Waals surface area contributed by atoms with Gasteiger partial charge in [-0.05, 0) is 34.5 Å². The molecule has 0 spiro atoms. The predicted octanol–water partition coefficient (Wildman–Crippen LogP) is 2.86. The first-order valence-corrected chi connectivity index (χ1v) is 7.21. The zero-order valence-electron chi connectivity index (χ0n) is 10.8. The molecule has 6 heteroatoms. The molecule has 1 fully saturated rings. The van der Waals surface area contributed by atoms with Gasteiger partial charge >= 0.3 is 0 Å². The van der Waals surface area contributed by atoms with Gasteiger partial charge < -0.3 is 10.1 Å². The fourth-order valence-corrected chi connectivity index (χ4v) is 2.64. The molecular weight excluding hydrogens is 322 g/mol. The molecule has 2 aromatic rings. The predicted molar refractivity (Wildman–Crippen MR) is 78.8 cm³/mol. The van der Waals surface area contributed by atoms with Gasteiger partial charge in [-0.2, -0.15) is 5.10 Å². The van der Waals surface area contributed by atoms with Crippen LogP contribution in [0.3, 0.4) is 0 Å². The molecular formula is C14H14BrN3O2. The van der Waals surface area contributed by atoms with E-state index < -0.39 is 0 Å². The molecule has 0 radical (unpaired) electrons. The first kappa shape index (κ1) is 13.3. The van der Waals surface area contributed by atoms with Gasteiger partial charge in [-0.25, -0.2) is 0 Å². The Kier molecular flexibility index (Phi) is 3.84. The van der Waals surface area contributed by atoms with Gasteiger partial charge in [0.25, 0.3) is 5.91 Å². The van der Waals surface area contributed by atoms with Crippen LogP contribution in [0.1, 0.15) is 22.8 Å². The van der Waals surface area contributed by atoms with E-state index in [1.165, 1.54) is 0 Å². The van der Waals surface area contributed by atoms with Crippen LogP contribution < -0.4 is 5.32 Å². The fraction of sp³-hybridized carbons (Fsp3) is 0.286. The molecule has 1 atom stereocenters. The third-order valence-electron chi connectivity index (χ3n) is 3.26. The molecule has 0 aliphatic carbocycles. The number of amides is 1. The quantitative estimate of drug-likeness (QED) is 0.938. The summed E-state index contributed by atoms with van der Waals surface area (Å²) in [5.41, 5.74) is 1.29. The van der Waals surface area contributed by atoms with E-state index in [4.69, 9.17) is 4.74 Å². The maximum Gasteiger partial charge on any atom is 0.256 e. The summed E-state index contributed by atoms with van der Waals surface area (Å²) in [6.07, 6.45) is 4.46. The summed E-state index contributed by atoms with van der Waals surface area (Å²) >= 11 is 3.37. The number of aromatic nitrogens is 2. The molecule has 1 N–H and O–H groups in total. The van der Waals surface area contributed by atoms with Crippen molar-refractivity contribution in [3.63, 3.8) is 0 Å². The number of ether oxygens (including phenoxy) is 1. The Morgan fingerprint density at radius 3 is 3.05 bits per heavy atom. The van der Waals surface area contributed by atoms with E-state index in [1.54, 1.807) is 12.3 Å². The van der Waals surface area contributed by atoms with Crippen molar-refractivity contribution >= 4 is 27.5 Å². The lowest BCUT2D eigenvalue weighted by atomic mass is 10.2. The minimum atomic E-state index is -0.153. The molecule has 1 aromatic heterocycles. The van der Waals surface area contributed by atoms with Crippen molar-refractivity contribution in [3.05, 3.63) is 46.7 Å². The number of nitrogens with zero attached hydrogens (tertiary/aromatic N) is 2. The summed E-state index contributed by atoms with van der Waals surface area (Å²) in [6.45, 7) is 1.45. The van der Waals surface area contributed by atoms with E-state index in [1.807, 2.05) is 29.1 Å². The number of hydrogen-bond acceptors (Lipinski definition) is 3. The second-order valence-corrected chi connectivity index (χ2v) is 5.51. The van der Waals surface area contributed by atoms with E-state index in [0.717, 1.165) is 17.5 Å². The summed E-state index contributed by atoms with van der Waals surface area (Å²) in [4.78, 5) is 12.2. The molecule has 1 aliphatic heterocycles. The minimum absolute atomic E-state index is 0.153. The maximum absolute atomic E-state index is 12.2. The molecule has 3 rings (SSSR count). The number of carbonyl (C=O) groups is 1. The Bertz CT molecular complexity index is 620. The SMILES string of the molecule is O=C(Nc1cnn(C2CCOC2)c1)c1ccccc1Br. The highest BCUT2D eigenvalue weighted by Gasteiger charge is 2.19. The summed E-state index contributed by atoms with van der Waals surface area (Å²) in [5, 5.41) is 7.13. The molecule has 1 aromatic carbocycles. The summed E-state index contributed by atoms with van der Waals surface area (Å²) in [6, 6.07) is 7.59. The highest BCUT2D eigenvalue weighted by molar-refractivity contribution is 9.10. The van der Waals surface area contributed by atoms with Crippen molar-refractivity contribution in [2.75, 3.05) is 18.5 Å². The second kappa shape index (κ2) is 5.76. The van der Waals surface area contributed by atoms with E-state index >= 15 is 0 Å². The Morgan fingerprint density at radius 1 is 1.45 bits per heavy atom. The fourth-order valence-electron chi connectivity index (χ4n) is 2.18. The molecule has 0 bridgehead atoms. The second-order valence-electron chi connectivity index (χ2n) is 4.66. The summed E-state index contributed by atoms with van der Waals surface area (Å²) in [5.74, 6) is -0.153. The topological polar surface area (TPSA) is 56.2 Å². The van der Waals surface area contributed by atoms with Gasteiger partial charge in [-0.15, -0.1) is 0 Å². The lowest BCUT2D eigenvalue weighted by Gasteiger charge is -2.07. The normalized spacial score (nSPS) is 18.1. The van der Waals surface area contributed by atoms with Crippen LogP contribution in [0.15, 0.2) is 41.1 Å². The van der Waals surface area contributed by atoms with Gasteiger partial charge in [0, 0.05) is 17.3 Å². The third-order valence-corrected chi connectivity index (χ3v) is 3.95. The lowest BCUT2D eigenvalue weighted by molar-refractivity contribution is 0.102. The molecule has 20 heavy (non-hydrogen) atoms. The average molecular weight is 336 g/mol. The first-order valence-electron chi connectivity index (χ1n) is 6.42. The zero-order valence-corrected chi connectivity index (χ0v) is 12.3. The highest BCUT2D eigenvalue weighted by Crippen LogP contribution is 2.21.